The third-order valence-corrected chi connectivity index (χ3v) is 7.24. The Bertz CT molecular complexity index is 1750. The van der Waals surface area contributed by atoms with E-state index in [1.807, 2.05) is 48.5 Å². The molecule has 4 unspecified atom stereocenters. The molecule has 236 valence electrons. The molecule has 0 saturated carbocycles. The van der Waals surface area contributed by atoms with Crippen molar-refractivity contribution in [2.75, 3.05) is 0 Å². The normalized spacial score (nSPS) is 13.8. The fourth-order valence-corrected chi connectivity index (χ4v) is 4.99. The van der Waals surface area contributed by atoms with E-state index in [0.717, 1.165) is 27.4 Å². The molecule has 0 aliphatic rings. The zero-order valence-corrected chi connectivity index (χ0v) is 24.0. The molecule has 4 aromatic rings. The number of aromatic nitrogens is 2. The van der Waals surface area contributed by atoms with Crippen LogP contribution in [-0.4, -0.2) is 74.7 Å². The number of rotatable bonds is 15. The van der Waals surface area contributed by atoms with Crippen molar-refractivity contribution in [2.24, 2.45) is 17.2 Å². The lowest BCUT2D eigenvalue weighted by atomic mass is 10.0. The van der Waals surface area contributed by atoms with Crippen LogP contribution in [0.5, 0.6) is 0 Å². The number of para-hydroxylation sites is 2. The molecule has 0 saturated heterocycles. The molecule has 0 bridgehead atoms. The summed E-state index contributed by atoms with van der Waals surface area (Å²) in [6, 6.07) is 9.11. The lowest BCUT2D eigenvalue weighted by Gasteiger charge is -2.24. The molecule has 0 aliphatic carbocycles. The summed E-state index contributed by atoms with van der Waals surface area (Å²) in [5.74, 6) is -6.14. The van der Waals surface area contributed by atoms with Crippen molar-refractivity contribution in [1.29, 1.82) is 0 Å². The van der Waals surface area contributed by atoms with Crippen LogP contribution in [0.1, 0.15) is 24.0 Å². The molecule has 5 amide bonds. The lowest BCUT2D eigenvalue weighted by Crippen LogP contribution is -2.58. The minimum Gasteiger partial charge on any atom is -0.480 e. The highest BCUT2D eigenvalue weighted by atomic mass is 16.4. The van der Waals surface area contributed by atoms with E-state index in [9.17, 15) is 33.9 Å². The number of H-pyrrole nitrogens is 2. The van der Waals surface area contributed by atoms with Gasteiger partial charge >= 0.3 is 5.97 Å². The first-order valence-electron chi connectivity index (χ1n) is 14.0. The number of benzene rings is 2. The first kappa shape index (κ1) is 32.2. The van der Waals surface area contributed by atoms with Gasteiger partial charge in [0.2, 0.25) is 29.5 Å². The predicted octanol–water partition coefficient (Wildman–Crippen LogP) is -0.948. The number of carboxylic acids is 1. The maximum Gasteiger partial charge on any atom is 0.326 e. The Kier molecular flexibility index (Phi) is 10.2. The maximum absolute atomic E-state index is 13.6. The fourth-order valence-electron chi connectivity index (χ4n) is 4.99. The third kappa shape index (κ3) is 8.23. The molecule has 0 aliphatic heterocycles. The van der Waals surface area contributed by atoms with Gasteiger partial charge in [0, 0.05) is 40.6 Å². The molecular formula is C30H34N8O7. The predicted molar refractivity (Wildman–Crippen MR) is 163 cm³/mol. The number of carbonyl (C=O) groups excluding carboxylic acids is 5. The molecule has 4 rings (SSSR count). The van der Waals surface area contributed by atoms with Crippen molar-refractivity contribution in [3.05, 3.63) is 72.1 Å². The zero-order chi connectivity index (χ0) is 32.7. The minimum atomic E-state index is -1.72. The van der Waals surface area contributed by atoms with Crippen LogP contribution in [0.4, 0.5) is 0 Å². The fraction of sp³-hybridized carbons (Fsp3) is 0.267. The van der Waals surface area contributed by atoms with Crippen LogP contribution in [0.15, 0.2) is 60.9 Å². The Morgan fingerprint density at radius 2 is 1.09 bits per heavy atom. The van der Waals surface area contributed by atoms with Gasteiger partial charge in [0.15, 0.2) is 0 Å². The monoisotopic (exact) mass is 618 g/mol. The van der Waals surface area contributed by atoms with Gasteiger partial charge in [-0.2, -0.15) is 0 Å². The van der Waals surface area contributed by atoms with Crippen molar-refractivity contribution in [3.8, 4) is 0 Å². The molecule has 12 N–H and O–H groups in total. The summed E-state index contributed by atoms with van der Waals surface area (Å²) in [6.45, 7) is 0. The number of carboxylic acid groups (broad SMARTS) is 1. The molecule has 2 aromatic heterocycles. The van der Waals surface area contributed by atoms with E-state index in [4.69, 9.17) is 17.2 Å². The smallest absolute Gasteiger partial charge is 0.326 e. The number of hydrogen-bond donors (Lipinski definition) is 9. The van der Waals surface area contributed by atoms with Gasteiger partial charge in [-0.25, -0.2) is 4.79 Å². The number of hydrogen-bond acceptors (Lipinski definition) is 7. The zero-order valence-electron chi connectivity index (χ0n) is 24.0. The summed E-state index contributed by atoms with van der Waals surface area (Å²) >= 11 is 0. The maximum atomic E-state index is 13.6. The average molecular weight is 619 g/mol. The average Bonchev–Trinajstić information content (AvgIpc) is 3.59. The van der Waals surface area contributed by atoms with E-state index in [1.165, 1.54) is 0 Å². The first-order valence-corrected chi connectivity index (χ1v) is 14.0. The Labute approximate surface area is 256 Å². The van der Waals surface area contributed by atoms with Gasteiger partial charge in [0.25, 0.3) is 0 Å². The second kappa shape index (κ2) is 14.2. The summed E-state index contributed by atoms with van der Waals surface area (Å²) in [4.78, 5) is 80.8. The summed E-state index contributed by atoms with van der Waals surface area (Å²) < 4.78 is 0. The molecule has 15 nitrogen and oxygen atoms in total. The highest BCUT2D eigenvalue weighted by Crippen LogP contribution is 2.21. The Balaban J connectivity index is 1.56. The summed E-state index contributed by atoms with van der Waals surface area (Å²) in [7, 11) is 0. The van der Waals surface area contributed by atoms with E-state index in [-0.39, 0.29) is 12.8 Å². The SMILES string of the molecule is NC(=O)CC(NC(=O)C(CC(N)=O)NC(=O)C(Cc1c[nH]c2ccccc12)NC(=O)C(N)Cc1c[nH]c2ccccc12)C(=O)O. The number of amides is 5. The lowest BCUT2D eigenvalue weighted by molar-refractivity contribution is -0.144. The quantitative estimate of drug-likeness (QED) is 0.0799. The van der Waals surface area contributed by atoms with Crippen molar-refractivity contribution >= 4 is 57.3 Å². The van der Waals surface area contributed by atoms with E-state index in [1.54, 1.807) is 12.4 Å². The molecule has 0 fully saturated rings. The van der Waals surface area contributed by atoms with Crippen molar-refractivity contribution < 1.29 is 33.9 Å². The number of fused-ring (bicyclic) bond motifs is 2. The summed E-state index contributed by atoms with van der Waals surface area (Å²) in [5.41, 5.74) is 19.8. The van der Waals surface area contributed by atoms with Crippen molar-refractivity contribution in [1.82, 2.24) is 25.9 Å². The van der Waals surface area contributed by atoms with Gasteiger partial charge in [0.1, 0.15) is 18.1 Å². The topological polar surface area (TPSA) is 268 Å². The van der Waals surface area contributed by atoms with Crippen LogP contribution in [0.3, 0.4) is 0 Å². The summed E-state index contributed by atoms with van der Waals surface area (Å²) in [6.07, 6.45) is 2.12. The van der Waals surface area contributed by atoms with Crippen molar-refractivity contribution in [2.45, 2.75) is 49.9 Å². The number of aromatic amines is 2. The van der Waals surface area contributed by atoms with Crippen LogP contribution >= 0.6 is 0 Å². The molecule has 2 aromatic carbocycles. The molecule has 45 heavy (non-hydrogen) atoms. The molecular weight excluding hydrogens is 584 g/mol. The van der Waals surface area contributed by atoms with Gasteiger partial charge < -0.3 is 48.2 Å². The number of primary amides is 2. The van der Waals surface area contributed by atoms with Gasteiger partial charge in [0.05, 0.1) is 18.9 Å². The van der Waals surface area contributed by atoms with Gasteiger partial charge in [-0.05, 0) is 29.7 Å². The molecule has 4 atom stereocenters. The molecule has 15 heteroatoms. The standard InChI is InChI=1S/C30H34N8O7/c31-19(9-15-13-34-20-7-3-1-5-17(15)20)27(41)36-22(10-16-14-35-21-8-4-2-6-18(16)21)28(42)37-23(11-25(32)39)29(43)38-24(30(44)45)12-26(33)40/h1-8,13-14,19,22-24,34-35H,9-12,31H2,(H2,32,39)(H2,33,40)(H,36,41)(H,37,42)(H,38,43)(H,44,45). The third-order valence-electron chi connectivity index (χ3n) is 7.24. The number of nitrogens with two attached hydrogens (primary N) is 3. The van der Waals surface area contributed by atoms with Crippen LogP contribution < -0.4 is 33.2 Å². The summed E-state index contributed by atoms with van der Waals surface area (Å²) in [5, 5.41) is 18.2. The number of aliphatic carboxylic acids is 1. The van der Waals surface area contributed by atoms with Crippen LogP contribution in [0.25, 0.3) is 21.8 Å². The highest BCUT2D eigenvalue weighted by molar-refractivity contribution is 5.97. The van der Waals surface area contributed by atoms with E-state index in [0.29, 0.717) is 5.56 Å². The van der Waals surface area contributed by atoms with Crippen LogP contribution in [-0.2, 0) is 41.6 Å². The molecule has 2 heterocycles. The Morgan fingerprint density at radius 1 is 0.644 bits per heavy atom. The van der Waals surface area contributed by atoms with Crippen molar-refractivity contribution in [3.63, 3.8) is 0 Å². The minimum absolute atomic E-state index is 0.0360. The molecule has 0 radical (unpaired) electrons. The second-order valence-corrected chi connectivity index (χ2v) is 10.6. The van der Waals surface area contributed by atoms with E-state index < -0.39 is 72.5 Å². The van der Waals surface area contributed by atoms with Gasteiger partial charge in [-0.3, -0.25) is 24.0 Å². The first-order chi connectivity index (χ1) is 21.4. The van der Waals surface area contributed by atoms with E-state index in [2.05, 4.69) is 25.9 Å². The second-order valence-electron chi connectivity index (χ2n) is 10.6. The Hall–Kier alpha value is -5.70. The number of nitrogens with one attached hydrogen (secondary N) is 5. The van der Waals surface area contributed by atoms with Crippen LogP contribution in [0.2, 0.25) is 0 Å². The number of carbonyl (C=O) groups is 6. The largest absolute Gasteiger partial charge is 0.480 e. The molecule has 0 spiro atoms. The highest BCUT2D eigenvalue weighted by Gasteiger charge is 2.32. The van der Waals surface area contributed by atoms with Gasteiger partial charge in [-0.15, -0.1) is 0 Å². The van der Waals surface area contributed by atoms with E-state index >= 15 is 0 Å². The Morgan fingerprint density at radius 3 is 1.62 bits per heavy atom. The van der Waals surface area contributed by atoms with Crippen LogP contribution in [0, 0.1) is 0 Å². The van der Waals surface area contributed by atoms with Gasteiger partial charge in [-0.1, -0.05) is 36.4 Å².